The highest BCUT2D eigenvalue weighted by Gasteiger charge is 2.19. The summed E-state index contributed by atoms with van der Waals surface area (Å²) in [7, 11) is 1.49. The number of carbonyl (C=O) groups excluding carboxylic acids is 1. The Bertz CT molecular complexity index is 906. The van der Waals surface area contributed by atoms with Gasteiger partial charge in [0.05, 0.1) is 17.2 Å². The Balaban J connectivity index is 2.06. The van der Waals surface area contributed by atoms with Crippen molar-refractivity contribution in [3.8, 4) is 5.75 Å². The predicted molar refractivity (Wildman–Crippen MR) is 87.8 cm³/mol. The van der Waals surface area contributed by atoms with Gasteiger partial charge in [-0.15, -0.1) is 5.10 Å². The van der Waals surface area contributed by atoms with E-state index < -0.39 is 0 Å². The van der Waals surface area contributed by atoms with Crippen molar-refractivity contribution >= 4 is 34.6 Å². The van der Waals surface area contributed by atoms with E-state index in [1.165, 1.54) is 24.0 Å². The Morgan fingerprint density at radius 1 is 1.29 bits per heavy atom. The van der Waals surface area contributed by atoms with E-state index in [0.29, 0.717) is 27.0 Å². The van der Waals surface area contributed by atoms with Crippen LogP contribution in [0, 0.1) is 0 Å². The summed E-state index contributed by atoms with van der Waals surface area (Å²) in [5.74, 6) is 0.374. The van der Waals surface area contributed by atoms with E-state index in [9.17, 15) is 9.90 Å². The Morgan fingerprint density at radius 2 is 2.00 bits per heavy atom. The van der Waals surface area contributed by atoms with Crippen LogP contribution in [0.15, 0.2) is 24.5 Å². The molecule has 0 aromatic carbocycles. The van der Waals surface area contributed by atoms with Crippen molar-refractivity contribution in [2.75, 3.05) is 7.11 Å². The number of carbonyl (C=O) groups is 1. The molecule has 3 rings (SSSR count). The number of ether oxygens (including phenoxy) is 1. The number of fused-ring (bicyclic) bond motifs is 1. The standard InChI is InChI=1S/C15H12Cl2N4O3/c1-24-13-3-2-11(21-15(13)19-14(7-22)20-21)12(23)4-8-9(16)5-18-6-10(8)17/h2-3,5-6,22H,4,7H2,1H3. The van der Waals surface area contributed by atoms with Crippen LogP contribution in [0.2, 0.25) is 10.0 Å². The number of aliphatic hydroxyl groups is 1. The van der Waals surface area contributed by atoms with Crippen molar-refractivity contribution in [2.45, 2.75) is 13.0 Å². The first-order valence-corrected chi connectivity index (χ1v) is 7.65. The van der Waals surface area contributed by atoms with Crippen molar-refractivity contribution in [1.29, 1.82) is 0 Å². The SMILES string of the molecule is COc1ccc(C(=O)Cc2c(Cl)cncc2Cl)n2nc(CO)nc12. The Morgan fingerprint density at radius 3 is 2.62 bits per heavy atom. The number of methoxy groups -OCH3 is 1. The maximum Gasteiger partial charge on any atom is 0.198 e. The number of aliphatic hydroxyl groups excluding tert-OH is 1. The van der Waals surface area contributed by atoms with E-state index in [0.717, 1.165) is 0 Å². The van der Waals surface area contributed by atoms with Crippen LogP contribution in [-0.4, -0.2) is 37.6 Å². The molecule has 0 unspecified atom stereocenters. The van der Waals surface area contributed by atoms with Crippen molar-refractivity contribution < 1.29 is 14.6 Å². The molecule has 3 heterocycles. The molecule has 9 heteroatoms. The lowest BCUT2D eigenvalue weighted by molar-refractivity contribution is 0.0985. The number of ketones is 1. The second kappa shape index (κ2) is 6.72. The molecule has 0 aliphatic rings. The Hall–Kier alpha value is -2.22. The zero-order valence-corrected chi connectivity index (χ0v) is 14.0. The lowest BCUT2D eigenvalue weighted by atomic mass is 10.1. The predicted octanol–water partition coefficient (Wildman–Crippen LogP) is 2.36. The molecule has 0 fully saturated rings. The number of hydrogen-bond acceptors (Lipinski definition) is 6. The molecule has 0 radical (unpaired) electrons. The molecule has 0 atom stereocenters. The molecule has 0 amide bonds. The smallest absolute Gasteiger partial charge is 0.198 e. The van der Waals surface area contributed by atoms with Gasteiger partial charge in [-0.05, 0) is 12.1 Å². The maximum absolute atomic E-state index is 12.7. The van der Waals surface area contributed by atoms with Gasteiger partial charge in [0.1, 0.15) is 12.3 Å². The summed E-state index contributed by atoms with van der Waals surface area (Å²) in [5.41, 5.74) is 1.12. The van der Waals surface area contributed by atoms with Gasteiger partial charge >= 0.3 is 0 Å². The van der Waals surface area contributed by atoms with E-state index in [1.807, 2.05) is 0 Å². The van der Waals surface area contributed by atoms with Gasteiger partial charge in [0, 0.05) is 24.4 Å². The van der Waals surface area contributed by atoms with Crippen LogP contribution in [0.4, 0.5) is 0 Å². The van der Waals surface area contributed by atoms with Crippen LogP contribution >= 0.6 is 23.2 Å². The summed E-state index contributed by atoms with van der Waals surface area (Å²) in [5, 5.41) is 14.0. The van der Waals surface area contributed by atoms with Gasteiger partial charge in [0.2, 0.25) is 0 Å². The van der Waals surface area contributed by atoms with E-state index in [-0.39, 0.29) is 30.3 Å². The summed E-state index contributed by atoms with van der Waals surface area (Å²) < 4.78 is 6.55. The average molecular weight is 367 g/mol. The molecule has 0 spiro atoms. The molecule has 0 saturated carbocycles. The van der Waals surface area contributed by atoms with Crippen LogP contribution in [-0.2, 0) is 13.0 Å². The van der Waals surface area contributed by atoms with Crippen molar-refractivity contribution in [2.24, 2.45) is 0 Å². The van der Waals surface area contributed by atoms with E-state index in [1.54, 1.807) is 12.1 Å². The molecule has 3 aromatic rings. The van der Waals surface area contributed by atoms with Crippen molar-refractivity contribution in [1.82, 2.24) is 19.6 Å². The lowest BCUT2D eigenvalue weighted by Crippen LogP contribution is -2.11. The summed E-state index contributed by atoms with van der Waals surface area (Å²) in [6, 6.07) is 3.20. The van der Waals surface area contributed by atoms with Gasteiger partial charge in [0.25, 0.3) is 0 Å². The van der Waals surface area contributed by atoms with Crippen LogP contribution in [0.1, 0.15) is 21.9 Å². The summed E-state index contributed by atoms with van der Waals surface area (Å²) in [4.78, 5) is 20.7. The quantitative estimate of drug-likeness (QED) is 0.697. The highest BCUT2D eigenvalue weighted by molar-refractivity contribution is 6.36. The number of pyridine rings is 2. The van der Waals surface area contributed by atoms with E-state index in [4.69, 9.17) is 27.9 Å². The third-order valence-electron chi connectivity index (χ3n) is 3.43. The molecule has 24 heavy (non-hydrogen) atoms. The van der Waals surface area contributed by atoms with Gasteiger partial charge < -0.3 is 9.84 Å². The zero-order valence-electron chi connectivity index (χ0n) is 12.5. The molecule has 0 saturated heterocycles. The van der Waals surface area contributed by atoms with Gasteiger partial charge in [-0.3, -0.25) is 9.78 Å². The number of aromatic nitrogens is 4. The normalized spacial score (nSPS) is 11.0. The first kappa shape index (κ1) is 16.6. The number of hydrogen-bond donors (Lipinski definition) is 1. The molecule has 0 aliphatic heterocycles. The topological polar surface area (TPSA) is 89.6 Å². The molecule has 0 bridgehead atoms. The zero-order chi connectivity index (χ0) is 17.3. The average Bonchev–Trinajstić information content (AvgIpc) is 3.01. The maximum atomic E-state index is 12.7. The fourth-order valence-electron chi connectivity index (χ4n) is 2.28. The van der Waals surface area contributed by atoms with Gasteiger partial charge in [0.15, 0.2) is 23.0 Å². The van der Waals surface area contributed by atoms with Crippen LogP contribution in [0.3, 0.4) is 0 Å². The van der Waals surface area contributed by atoms with Gasteiger partial charge in [-0.1, -0.05) is 23.2 Å². The van der Waals surface area contributed by atoms with Crippen LogP contribution in [0.25, 0.3) is 5.65 Å². The number of rotatable bonds is 5. The van der Waals surface area contributed by atoms with Crippen LogP contribution < -0.4 is 4.74 Å². The fraction of sp³-hybridized carbons (Fsp3) is 0.200. The summed E-state index contributed by atoms with van der Waals surface area (Å²) >= 11 is 12.1. The third kappa shape index (κ3) is 2.93. The number of nitrogens with zero attached hydrogens (tertiary/aromatic N) is 4. The summed E-state index contributed by atoms with van der Waals surface area (Å²) in [6.45, 7) is -0.347. The Kier molecular flexibility index (Phi) is 4.66. The molecular formula is C15H12Cl2N4O3. The van der Waals surface area contributed by atoms with Crippen molar-refractivity contribution in [3.05, 3.63) is 51.7 Å². The van der Waals surface area contributed by atoms with E-state index >= 15 is 0 Å². The van der Waals surface area contributed by atoms with Gasteiger partial charge in [-0.2, -0.15) is 0 Å². The molecule has 124 valence electrons. The molecule has 7 nitrogen and oxygen atoms in total. The molecule has 0 aliphatic carbocycles. The number of halogens is 2. The summed E-state index contributed by atoms with van der Waals surface area (Å²) in [6.07, 6.45) is 2.84. The van der Waals surface area contributed by atoms with Crippen LogP contribution in [0.5, 0.6) is 5.75 Å². The van der Waals surface area contributed by atoms with Crippen molar-refractivity contribution in [3.63, 3.8) is 0 Å². The lowest BCUT2D eigenvalue weighted by Gasteiger charge is -2.08. The highest BCUT2D eigenvalue weighted by Crippen LogP contribution is 2.26. The van der Waals surface area contributed by atoms with Gasteiger partial charge in [-0.25, -0.2) is 9.50 Å². The first-order chi connectivity index (χ1) is 11.5. The minimum absolute atomic E-state index is 0.0179. The Labute approximate surface area is 146 Å². The minimum atomic E-state index is -0.347. The minimum Gasteiger partial charge on any atom is -0.493 e. The molecule has 3 aromatic heterocycles. The second-order valence-corrected chi connectivity index (χ2v) is 5.70. The third-order valence-corrected chi connectivity index (χ3v) is 4.08. The molecular weight excluding hydrogens is 355 g/mol. The number of Topliss-reactive ketones (excluding diaryl/α,β-unsaturated/α-hetero) is 1. The first-order valence-electron chi connectivity index (χ1n) is 6.89. The second-order valence-electron chi connectivity index (χ2n) is 4.89. The van der Waals surface area contributed by atoms with E-state index in [2.05, 4.69) is 15.1 Å². The largest absolute Gasteiger partial charge is 0.493 e. The highest BCUT2D eigenvalue weighted by atomic mass is 35.5. The fourth-order valence-corrected chi connectivity index (χ4v) is 2.78. The monoisotopic (exact) mass is 366 g/mol. The molecule has 1 N–H and O–H groups in total.